The van der Waals surface area contributed by atoms with E-state index in [9.17, 15) is 9.59 Å². The monoisotopic (exact) mass is 380 g/mol. The van der Waals surface area contributed by atoms with Crippen LogP contribution < -0.4 is 15.4 Å². The Hall–Kier alpha value is -2.82. The summed E-state index contributed by atoms with van der Waals surface area (Å²) in [5, 5.41) is 5.97. The predicted octanol–water partition coefficient (Wildman–Crippen LogP) is 4.86. The van der Waals surface area contributed by atoms with Crippen LogP contribution in [0, 0.1) is 11.8 Å². The Morgan fingerprint density at radius 1 is 0.821 bits per heavy atom. The molecule has 28 heavy (non-hydrogen) atoms. The zero-order chi connectivity index (χ0) is 19.9. The molecular formula is C23H28N2O3. The van der Waals surface area contributed by atoms with Gasteiger partial charge in [0.2, 0.25) is 11.8 Å². The molecule has 0 radical (unpaired) electrons. The van der Waals surface area contributed by atoms with E-state index in [-0.39, 0.29) is 29.8 Å². The second-order valence-corrected chi connectivity index (χ2v) is 7.56. The van der Waals surface area contributed by atoms with Crippen LogP contribution >= 0.6 is 0 Å². The molecule has 148 valence electrons. The quantitative estimate of drug-likeness (QED) is 0.752. The maximum atomic E-state index is 12.7. The molecule has 0 aliphatic heterocycles. The molecule has 5 heteroatoms. The van der Waals surface area contributed by atoms with Crippen LogP contribution in [0.15, 0.2) is 54.6 Å². The fourth-order valence-electron chi connectivity index (χ4n) is 3.55. The van der Waals surface area contributed by atoms with Crippen LogP contribution in [0.3, 0.4) is 0 Å². The van der Waals surface area contributed by atoms with Crippen molar-refractivity contribution in [3.63, 3.8) is 0 Å². The van der Waals surface area contributed by atoms with Gasteiger partial charge < -0.3 is 15.4 Å². The van der Waals surface area contributed by atoms with E-state index >= 15 is 0 Å². The molecule has 0 aromatic heterocycles. The SMILES string of the molecule is CC(C)Oc1ccccc1NC(=O)C1CCC(C(=O)Nc2ccccc2)CC1. The summed E-state index contributed by atoms with van der Waals surface area (Å²) in [4.78, 5) is 25.2. The van der Waals surface area contributed by atoms with Crippen molar-refractivity contribution in [2.24, 2.45) is 11.8 Å². The Morgan fingerprint density at radius 2 is 1.36 bits per heavy atom. The minimum atomic E-state index is -0.0760. The van der Waals surface area contributed by atoms with Gasteiger partial charge in [-0.15, -0.1) is 0 Å². The van der Waals surface area contributed by atoms with Gasteiger partial charge in [0.05, 0.1) is 11.8 Å². The van der Waals surface area contributed by atoms with Gasteiger partial charge in [-0.25, -0.2) is 0 Å². The number of para-hydroxylation sites is 3. The Kier molecular flexibility index (Phi) is 6.69. The first-order valence-corrected chi connectivity index (χ1v) is 9.95. The molecule has 0 unspecified atom stereocenters. The maximum Gasteiger partial charge on any atom is 0.227 e. The molecule has 2 aromatic carbocycles. The van der Waals surface area contributed by atoms with E-state index in [0.29, 0.717) is 24.3 Å². The summed E-state index contributed by atoms with van der Waals surface area (Å²) in [5.41, 5.74) is 1.51. The van der Waals surface area contributed by atoms with Crippen LogP contribution in [0.5, 0.6) is 5.75 Å². The zero-order valence-electron chi connectivity index (χ0n) is 16.5. The minimum Gasteiger partial charge on any atom is -0.489 e. The first-order valence-electron chi connectivity index (χ1n) is 9.95. The van der Waals surface area contributed by atoms with E-state index in [2.05, 4.69) is 10.6 Å². The molecule has 1 aliphatic carbocycles. The van der Waals surface area contributed by atoms with Gasteiger partial charge in [-0.3, -0.25) is 9.59 Å². The molecule has 2 aromatic rings. The lowest BCUT2D eigenvalue weighted by atomic mass is 9.81. The number of ether oxygens (including phenoxy) is 1. The molecule has 0 atom stereocenters. The second-order valence-electron chi connectivity index (χ2n) is 7.56. The van der Waals surface area contributed by atoms with Crippen LogP contribution in [0.1, 0.15) is 39.5 Å². The first-order chi connectivity index (χ1) is 13.5. The van der Waals surface area contributed by atoms with Gasteiger partial charge in [-0.1, -0.05) is 30.3 Å². The number of hydrogen-bond acceptors (Lipinski definition) is 3. The standard InChI is InChI=1S/C23H28N2O3/c1-16(2)28-21-11-7-6-10-20(21)25-23(27)18-14-12-17(13-15-18)22(26)24-19-8-4-3-5-9-19/h3-11,16-18H,12-15H2,1-2H3,(H,24,26)(H,25,27). The highest BCUT2D eigenvalue weighted by Crippen LogP contribution is 2.32. The summed E-state index contributed by atoms with van der Waals surface area (Å²) in [6, 6.07) is 17.0. The summed E-state index contributed by atoms with van der Waals surface area (Å²) < 4.78 is 5.77. The molecule has 0 saturated heterocycles. The van der Waals surface area contributed by atoms with Crippen molar-refractivity contribution in [2.45, 2.75) is 45.6 Å². The molecule has 1 fully saturated rings. The van der Waals surface area contributed by atoms with Crippen molar-refractivity contribution in [2.75, 3.05) is 10.6 Å². The fraction of sp³-hybridized carbons (Fsp3) is 0.391. The van der Waals surface area contributed by atoms with Crippen LogP contribution in [-0.2, 0) is 9.59 Å². The van der Waals surface area contributed by atoms with Crippen molar-refractivity contribution in [3.8, 4) is 5.75 Å². The molecule has 0 bridgehead atoms. The zero-order valence-corrected chi connectivity index (χ0v) is 16.5. The lowest BCUT2D eigenvalue weighted by Gasteiger charge is -2.27. The van der Waals surface area contributed by atoms with Crippen LogP contribution in [0.25, 0.3) is 0 Å². The van der Waals surface area contributed by atoms with E-state index in [1.165, 1.54) is 0 Å². The van der Waals surface area contributed by atoms with Gasteiger partial charge in [0.15, 0.2) is 0 Å². The minimum absolute atomic E-state index is 0.00160. The Morgan fingerprint density at radius 3 is 1.96 bits per heavy atom. The van der Waals surface area contributed by atoms with Gasteiger partial charge in [-0.05, 0) is 63.8 Å². The van der Waals surface area contributed by atoms with Crippen LogP contribution in [0.2, 0.25) is 0 Å². The van der Waals surface area contributed by atoms with Gasteiger partial charge in [0.25, 0.3) is 0 Å². The molecule has 0 heterocycles. The normalized spacial score (nSPS) is 19.1. The number of anilines is 2. The van der Waals surface area contributed by atoms with E-state index in [1.54, 1.807) is 0 Å². The summed E-state index contributed by atoms with van der Waals surface area (Å²) in [5.74, 6) is 0.609. The first kappa shape index (κ1) is 19.9. The number of benzene rings is 2. The molecule has 2 N–H and O–H groups in total. The molecular weight excluding hydrogens is 352 g/mol. The van der Waals surface area contributed by atoms with Crippen molar-refractivity contribution >= 4 is 23.2 Å². The molecule has 1 saturated carbocycles. The number of rotatable bonds is 6. The Balaban J connectivity index is 1.52. The molecule has 3 rings (SSSR count). The Labute approximate surface area is 166 Å². The van der Waals surface area contributed by atoms with E-state index in [0.717, 1.165) is 18.5 Å². The topological polar surface area (TPSA) is 67.4 Å². The number of carbonyl (C=O) groups is 2. The van der Waals surface area contributed by atoms with Crippen LogP contribution in [0.4, 0.5) is 11.4 Å². The molecule has 1 aliphatic rings. The third-order valence-corrected chi connectivity index (χ3v) is 5.02. The Bertz CT molecular complexity index is 797. The third kappa shape index (κ3) is 5.35. The van der Waals surface area contributed by atoms with Crippen molar-refractivity contribution in [1.29, 1.82) is 0 Å². The van der Waals surface area contributed by atoms with Gasteiger partial charge in [0.1, 0.15) is 5.75 Å². The maximum absolute atomic E-state index is 12.7. The number of nitrogens with one attached hydrogen (secondary N) is 2. The number of amides is 2. The van der Waals surface area contributed by atoms with E-state index in [1.807, 2.05) is 68.4 Å². The van der Waals surface area contributed by atoms with Crippen molar-refractivity contribution in [3.05, 3.63) is 54.6 Å². The highest BCUT2D eigenvalue weighted by Gasteiger charge is 2.30. The average molecular weight is 380 g/mol. The second kappa shape index (κ2) is 9.40. The van der Waals surface area contributed by atoms with E-state index < -0.39 is 0 Å². The molecule has 2 amide bonds. The third-order valence-electron chi connectivity index (χ3n) is 5.02. The van der Waals surface area contributed by atoms with E-state index in [4.69, 9.17) is 4.74 Å². The van der Waals surface area contributed by atoms with Gasteiger partial charge in [-0.2, -0.15) is 0 Å². The summed E-state index contributed by atoms with van der Waals surface area (Å²) in [6.07, 6.45) is 2.91. The lowest BCUT2D eigenvalue weighted by Crippen LogP contribution is -2.32. The van der Waals surface area contributed by atoms with Crippen molar-refractivity contribution in [1.82, 2.24) is 0 Å². The largest absolute Gasteiger partial charge is 0.489 e. The summed E-state index contributed by atoms with van der Waals surface area (Å²) in [6.45, 7) is 3.92. The predicted molar refractivity (Wildman–Crippen MR) is 111 cm³/mol. The van der Waals surface area contributed by atoms with Crippen LogP contribution in [-0.4, -0.2) is 17.9 Å². The number of hydrogen-bond donors (Lipinski definition) is 2. The smallest absolute Gasteiger partial charge is 0.227 e. The molecule has 5 nitrogen and oxygen atoms in total. The van der Waals surface area contributed by atoms with Gasteiger partial charge in [0, 0.05) is 17.5 Å². The van der Waals surface area contributed by atoms with Gasteiger partial charge >= 0.3 is 0 Å². The average Bonchev–Trinajstić information content (AvgIpc) is 2.70. The lowest BCUT2D eigenvalue weighted by molar-refractivity contribution is -0.125. The highest BCUT2D eigenvalue weighted by molar-refractivity contribution is 5.95. The summed E-state index contributed by atoms with van der Waals surface area (Å²) in [7, 11) is 0. The fourth-order valence-corrected chi connectivity index (χ4v) is 3.55. The summed E-state index contributed by atoms with van der Waals surface area (Å²) >= 11 is 0. The molecule has 0 spiro atoms. The highest BCUT2D eigenvalue weighted by atomic mass is 16.5. The number of carbonyl (C=O) groups excluding carboxylic acids is 2. The van der Waals surface area contributed by atoms with Crippen molar-refractivity contribution < 1.29 is 14.3 Å².